The van der Waals surface area contributed by atoms with Crippen LogP contribution in [0.3, 0.4) is 0 Å². The monoisotopic (exact) mass is 571 g/mol. The van der Waals surface area contributed by atoms with Crippen molar-refractivity contribution in [2.75, 3.05) is 25.0 Å². The van der Waals surface area contributed by atoms with Crippen molar-refractivity contribution in [1.82, 2.24) is 8.87 Å². The number of carbonyl (C=O) groups is 1. The summed E-state index contributed by atoms with van der Waals surface area (Å²) in [7, 11) is 2.72. The summed E-state index contributed by atoms with van der Waals surface area (Å²) >= 11 is 6.30. The molecule has 1 saturated heterocycles. The number of hydrogen-bond donors (Lipinski definition) is 1. The van der Waals surface area contributed by atoms with Gasteiger partial charge in [0.15, 0.2) is 0 Å². The highest BCUT2D eigenvalue weighted by atomic mass is 35.5. The highest BCUT2D eigenvalue weighted by molar-refractivity contribution is 8.19. The van der Waals surface area contributed by atoms with Crippen LogP contribution < -0.4 is 10.6 Å². The second-order valence-corrected chi connectivity index (χ2v) is 14.4. The van der Waals surface area contributed by atoms with E-state index < -0.39 is 15.1 Å². The molecule has 3 aromatic carbocycles. The topological polar surface area (TPSA) is 54.3 Å². The number of halogens is 2. The number of piperidine rings is 1. The fourth-order valence-corrected chi connectivity index (χ4v) is 8.54. The molecule has 1 amide bonds. The second kappa shape index (κ2) is 9.10. The first-order valence-electron chi connectivity index (χ1n) is 12.0. The lowest BCUT2D eigenvalue weighted by Gasteiger charge is -2.39. The normalized spacial score (nSPS) is 18.0. The van der Waals surface area contributed by atoms with E-state index in [4.69, 9.17) is 11.6 Å². The summed E-state index contributed by atoms with van der Waals surface area (Å²) in [4.78, 5) is 16.0. The molecular formula is C27H25ClFN3O2P2S. The van der Waals surface area contributed by atoms with Crippen LogP contribution >= 0.6 is 28.9 Å². The van der Waals surface area contributed by atoms with Gasteiger partial charge in [0.05, 0.1) is 16.0 Å². The van der Waals surface area contributed by atoms with Crippen molar-refractivity contribution < 1.29 is 13.4 Å². The van der Waals surface area contributed by atoms with E-state index in [2.05, 4.69) is 40.8 Å². The average Bonchev–Trinajstić information content (AvgIpc) is 3.43. The lowest BCUT2D eigenvalue weighted by atomic mass is 9.74. The van der Waals surface area contributed by atoms with Gasteiger partial charge in [0.25, 0.3) is 5.91 Å². The summed E-state index contributed by atoms with van der Waals surface area (Å²) in [5.74, 6) is -0.613. The molecule has 0 bridgehead atoms. The molecule has 0 saturated carbocycles. The minimum atomic E-state index is -3.14. The van der Waals surface area contributed by atoms with E-state index in [1.165, 1.54) is 27.4 Å². The minimum absolute atomic E-state index is 0.0338. The Labute approximate surface area is 224 Å². The molecule has 1 spiro atoms. The molecular weight excluding hydrogens is 547 g/mol. The minimum Gasteiger partial charge on any atom is -0.384 e. The lowest BCUT2D eigenvalue weighted by Crippen LogP contribution is -2.46. The molecule has 2 unspecified atom stereocenters. The van der Waals surface area contributed by atoms with Crippen molar-refractivity contribution in [3.8, 4) is 0 Å². The van der Waals surface area contributed by atoms with E-state index in [9.17, 15) is 13.4 Å². The van der Waals surface area contributed by atoms with Gasteiger partial charge in [-0.25, -0.2) is 8.60 Å². The summed E-state index contributed by atoms with van der Waals surface area (Å²) in [5, 5.41) is 5.19. The number of fused-ring (bicyclic) bond motifs is 3. The van der Waals surface area contributed by atoms with Crippen LogP contribution in [-0.4, -0.2) is 38.6 Å². The zero-order valence-corrected chi connectivity index (χ0v) is 23.6. The van der Waals surface area contributed by atoms with Gasteiger partial charge in [0, 0.05) is 47.3 Å². The fraction of sp³-hybridized carbons (Fsp3) is 0.222. The van der Waals surface area contributed by atoms with E-state index in [1.807, 2.05) is 11.0 Å². The third kappa shape index (κ3) is 4.17. The Morgan fingerprint density at radius 3 is 2.62 bits per heavy atom. The summed E-state index contributed by atoms with van der Waals surface area (Å²) in [6.07, 6.45) is 3.33. The maximum Gasteiger partial charge on any atom is 0.256 e. The Morgan fingerprint density at radius 2 is 1.86 bits per heavy atom. The van der Waals surface area contributed by atoms with Crippen LogP contribution in [0.2, 0.25) is 5.02 Å². The van der Waals surface area contributed by atoms with Crippen molar-refractivity contribution in [3.63, 3.8) is 0 Å². The number of anilines is 1. The molecule has 1 aromatic heterocycles. The smallest absolute Gasteiger partial charge is 0.256 e. The molecule has 6 rings (SSSR count). The summed E-state index contributed by atoms with van der Waals surface area (Å²) in [6.45, 7) is 2.13. The van der Waals surface area contributed by atoms with Crippen molar-refractivity contribution in [1.29, 1.82) is 0 Å². The first-order chi connectivity index (χ1) is 17.7. The van der Waals surface area contributed by atoms with E-state index in [0.717, 1.165) is 19.4 Å². The number of rotatable bonds is 3. The van der Waals surface area contributed by atoms with E-state index in [1.54, 1.807) is 30.5 Å². The Hall–Kier alpha value is -2.43. The van der Waals surface area contributed by atoms with Crippen LogP contribution in [0.25, 0.3) is 10.9 Å². The Kier molecular flexibility index (Phi) is 6.12. The number of likely N-dealkylation sites (tertiary alicyclic amines) is 1. The highest BCUT2D eigenvalue weighted by Crippen LogP contribution is 2.44. The zero-order chi connectivity index (χ0) is 25.9. The number of benzene rings is 3. The van der Waals surface area contributed by atoms with Gasteiger partial charge in [-0.05, 0) is 68.1 Å². The molecule has 0 radical (unpaired) electrons. The first-order valence-corrected chi connectivity index (χ1v) is 15.7. The predicted octanol–water partition coefficient (Wildman–Crippen LogP) is 5.70. The van der Waals surface area contributed by atoms with Crippen LogP contribution in [0, 0.1) is 5.82 Å². The molecule has 190 valence electrons. The molecule has 5 nitrogen and oxygen atoms in total. The van der Waals surface area contributed by atoms with Gasteiger partial charge in [-0.1, -0.05) is 35.9 Å². The number of aromatic nitrogens is 1. The number of nitrogens with zero attached hydrogens (tertiary/aromatic N) is 2. The van der Waals surface area contributed by atoms with Crippen LogP contribution in [0.5, 0.6) is 0 Å². The second-order valence-electron chi connectivity index (χ2n) is 9.75. The van der Waals surface area contributed by atoms with Gasteiger partial charge in [-0.15, -0.1) is 9.24 Å². The number of nitrogens with one attached hydrogen (secondary N) is 1. The zero-order valence-electron chi connectivity index (χ0n) is 19.8. The molecule has 1 fully saturated rings. The third-order valence-electron chi connectivity index (χ3n) is 7.58. The van der Waals surface area contributed by atoms with Gasteiger partial charge < -0.3 is 10.2 Å². The summed E-state index contributed by atoms with van der Waals surface area (Å²) < 4.78 is 29.7. The fourth-order valence-electron chi connectivity index (χ4n) is 5.63. The SMILES string of the molecule is O=C(c1cn(S(=O)(=P)c2cc(F)cc(P)c2)c2cc(Cl)ccc12)N1CCC2(CC1)CNc1ccccc12. The molecule has 3 heterocycles. The Balaban J connectivity index is 1.36. The third-order valence-corrected chi connectivity index (χ3v) is 11.2. The molecule has 37 heavy (non-hydrogen) atoms. The molecule has 2 atom stereocenters. The predicted molar refractivity (Wildman–Crippen MR) is 155 cm³/mol. The van der Waals surface area contributed by atoms with Gasteiger partial charge in [-0.2, -0.15) is 0 Å². The molecule has 0 aliphatic carbocycles. The Morgan fingerprint density at radius 1 is 1.11 bits per heavy atom. The van der Waals surface area contributed by atoms with E-state index in [-0.39, 0.29) is 16.2 Å². The molecule has 2 aliphatic rings. The van der Waals surface area contributed by atoms with Crippen LogP contribution in [-0.2, 0) is 14.7 Å². The number of carbonyl (C=O) groups excluding carboxylic acids is 1. The largest absolute Gasteiger partial charge is 0.384 e. The van der Waals surface area contributed by atoms with Crippen molar-refractivity contribution in [2.45, 2.75) is 23.2 Å². The lowest BCUT2D eigenvalue weighted by molar-refractivity contribution is 0.0678. The maximum atomic E-state index is 14.2. The van der Waals surface area contributed by atoms with Gasteiger partial charge in [-0.3, -0.25) is 8.77 Å². The summed E-state index contributed by atoms with van der Waals surface area (Å²) in [6, 6.07) is 17.8. The van der Waals surface area contributed by atoms with E-state index >= 15 is 0 Å². The van der Waals surface area contributed by atoms with Gasteiger partial charge in [0.1, 0.15) is 15.1 Å². The quantitative estimate of drug-likeness (QED) is 0.321. The number of para-hydroxylation sites is 1. The van der Waals surface area contributed by atoms with Crippen molar-refractivity contribution >= 4 is 66.0 Å². The van der Waals surface area contributed by atoms with Crippen LogP contribution in [0.1, 0.15) is 28.8 Å². The number of amides is 1. The average molecular weight is 572 g/mol. The van der Waals surface area contributed by atoms with Crippen LogP contribution in [0.15, 0.2) is 71.8 Å². The molecule has 1 N–H and O–H groups in total. The van der Waals surface area contributed by atoms with Gasteiger partial charge >= 0.3 is 0 Å². The summed E-state index contributed by atoms with van der Waals surface area (Å²) in [5.41, 5.74) is 3.52. The standard InChI is InChI=1S/C27H25ClFN3O2P2S/c28-17-5-6-21-22(15-32(25(21)11-17)37(34,36)20-13-18(29)12-19(35)14-20)26(33)31-9-7-27(8-10-31)16-30-24-4-2-1-3-23(24)27/h1-6,11-15,30,36H,7-10,16,35H2. The van der Waals surface area contributed by atoms with Crippen LogP contribution in [0.4, 0.5) is 10.1 Å². The van der Waals surface area contributed by atoms with Crippen molar-refractivity contribution in [3.05, 3.63) is 88.8 Å². The first kappa shape index (κ1) is 24.9. The molecule has 4 aromatic rings. The maximum absolute atomic E-state index is 14.2. The highest BCUT2D eigenvalue weighted by Gasteiger charge is 2.42. The van der Waals surface area contributed by atoms with E-state index in [0.29, 0.717) is 39.9 Å². The van der Waals surface area contributed by atoms with Gasteiger partial charge in [0.2, 0.25) is 0 Å². The molecule has 10 heteroatoms. The molecule has 2 aliphatic heterocycles. The Bertz CT molecular complexity index is 1660. The van der Waals surface area contributed by atoms with Crippen molar-refractivity contribution in [2.24, 2.45) is 0 Å². The number of hydrogen-bond acceptors (Lipinski definition) is 3.